The van der Waals surface area contributed by atoms with Gasteiger partial charge in [-0.15, -0.1) is 0 Å². The van der Waals surface area contributed by atoms with Gasteiger partial charge in [0.1, 0.15) is 11.2 Å². The fraction of sp³-hybridized carbons (Fsp3) is 0.100. The molecule has 1 aromatic heterocycles. The first-order chi connectivity index (χ1) is 31.7. The number of para-hydroxylation sites is 2. The summed E-state index contributed by atoms with van der Waals surface area (Å²) in [5.74, 6) is 0. The van der Waals surface area contributed by atoms with Gasteiger partial charge in [-0.25, -0.2) is 0 Å². The lowest BCUT2D eigenvalue weighted by atomic mass is 9.29. The van der Waals surface area contributed by atoms with Gasteiger partial charge in [-0.05, 0) is 107 Å². The van der Waals surface area contributed by atoms with Crippen molar-refractivity contribution in [3.63, 3.8) is 0 Å². The minimum Gasteiger partial charge on any atom is -0.457 e. The highest BCUT2D eigenvalue weighted by Gasteiger charge is 2.57. The van der Waals surface area contributed by atoms with E-state index >= 15 is 0 Å². The van der Waals surface area contributed by atoms with E-state index in [1.165, 1.54) is 120 Å². The summed E-state index contributed by atoms with van der Waals surface area (Å²) in [7, 11) is -3.21. The zero-order valence-corrected chi connectivity index (χ0v) is 38.8. The molecule has 0 saturated carbocycles. The number of aryl methyl sites for hydroxylation is 6. The van der Waals surface area contributed by atoms with Crippen molar-refractivity contribution in [3.05, 3.63) is 209 Å². The summed E-state index contributed by atoms with van der Waals surface area (Å²) in [5, 5.41) is 7.97. The van der Waals surface area contributed by atoms with Gasteiger partial charge >= 0.3 is 0 Å². The lowest BCUT2D eigenvalue weighted by Gasteiger charge is -2.53. The van der Waals surface area contributed by atoms with Crippen LogP contribution in [-0.4, -0.2) is 21.5 Å². The number of benzene rings is 9. The molecule has 65 heavy (non-hydrogen) atoms. The third-order valence-electron chi connectivity index (χ3n) is 15.2. The number of fused-ring (bicyclic) bond motifs is 4. The van der Waals surface area contributed by atoms with Crippen molar-refractivity contribution >= 4 is 114 Å². The van der Waals surface area contributed by atoms with E-state index in [0.29, 0.717) is 0 Å². The zero-order valence-electron chi connectivity index (χ0n) is 37.8. The third kappa shape index (κ3) is 5.19. The molecule has 2 nitrogen and oxygen atoms in total. The van der Waals surface area contributed by atoms with Crippen LogP contribution in [0.15, 0.2) is 180 Å². The minimum atomic E-state index is -3.21. The zero-order chi connectivity index (χ0) is 43.9. The van der Waals surface area contributed by atoms with E-state index in [0.717, 1.165) is 16.6 Å². The van der Waals surface area contributed by atoms with E-state index in [-0.39, 0.29) is 13.4 Å². The molecule has 4 heterocycles. The van der Waals surface area contributed by atoms with Crippen molar-refractivity contribution in [2.24, 2.45) is 0 Å². The van der Waals surface area contributed by atoms with Crippen molar-refractivity contribution in [2.75, 3.05) is 4.90 Å². The molecule has 0 radical (unpaired) electrons. The van der Waals surface area contributed by atoms with Crippen molar-refractivity contribution < 1.29 is 4.42 Å². The number of anilines is 3. The van der Waals surface area contributed by atoms with Crippen LogP contribution in [0.1, 0.15) is 33.4 Å². The highest BCUT2D eigenvalue weighted by atomic mass is 28.3. The maximum atomic E-state index is 7.30. The van der Waals surface area contributed by atoms with Gasteiger partial charge < -0.3 is 9.32 Å². The quantitative estimate of drug-likeness (QED) is 0.164. The number of hydrogen-bond acceptors (Lipinski definition) is 2. The van der Waals surface area contributed by atoms with Crippen molar-refractivity contribution in [2.45, 2.75) is 41.5 Å². The second-order valence-corrected chi connectivity index (χ2v) is 22.8. The molecule has 3 aliphatic rings. The molecule has 0 spiro atoms. The summed E-state index contributed by atoms with van der Waals surface area (Å²) in [5.41, 5.74) is 24.4. The molecule has 10 aromatic rings. The molecule has 3 aliphatic heterocycles. The normalized spacial score (nSPS) is 14.0. The number of nitrogens with zero attached hydrogens (tertiary/aromatic N) is 1. The van der Waals surface area contributed by atoms with E-state index in [2.05, 4.69) is 222 Å². The smallest absolute Gasteiger partial charge is 0.252 e. The number of rotatable bonds is 5. The van der Waals surface area contributed by atoms with E-state index in [9.17, 15) is 0 Å². The van der Waals surface area contributed by atoms with Gasteiger partial charge in [0, 0.05) is 27.8 Å². The SMILES string of the molecule is Cc1cc(C)c(B2c3cccc4c3N3c5c2cc(-c2ccccc2)cc5[Si](c2ccccc2)(c2ccccc2)c2cc5c(oc6ccccc65)c(c23)B4c2c(C)cc(C)cc2C)c(C)c1. The Hall–Kier alpha value is -7.07. The Morgan fingerprint density at radius 3 is 1.54 bits per heavy atom. The topological polar surface area (TPSA) is 16.4 Å². The predicted molar refractivity (Wildman–Crippen MR) is 282 cm³/mol. The molecule has 0 N–H and O–H groups in total. The van der Waals surface area contributed by atoms with Crippen molar-refractivity contribution in [1.82, 2.24) is 0 Å². The Kier molecular flexibility index (Phi) is 8.25. The largest absolute Gasteiger partial charge is 0.457 e. The predicted octanol–water partition coefficient (Wildman–Crippen LogP) is 7.92. The van der Waals surface area contributed by atoms with Crippen LogP contribution in [0.4, 0.5) is 17.1 Å². The van der Waals surface area contributed by atoms with Crippen LogP contribution in [0.25, 0.3) is 33.1 Å². The molecule has 0 saturated heterocycles. The average Bonchev–Trinajstić information content (AvgIpc) is 3.69. The fourth-order valence-corrected chi connectivity index (χ4v) is 18.3. The molecule has 0 amide bonds. The van der Waals surface area contributed by atoms with Gasteiger partial charge in [0.05, 0.1) is 0 Å². The summed E-state index contributed by atoms with van der Waals surface area (Å²) < 4.78 is 7.30. The first-order valence-corrected chi connectivity index (χ1v) is 25.2. The van der Waals surface area contributed by atoms with E-state index < -0.39 is 8.07 Å². The maximum absolute atomic E-state index is 7.30. The summed E-state index contributed by atoms with van der Waals surface area (Å²) in [4.78, 5) is 2.75. The summed E-state index contributed by atoms with van der Waals surface area (Å²) in [6, 6.07) is 67.6. The molecule has 0 fully saturated rings. The lowest BCUT2D eigenvalue weighted by Crippen LogP contribution is -2.81. The van der Waals surface area contributed by atoms with E-state index in [1.54, 1.807) is 0 Å². The van der Waals surface area contributed by atoms with Gasteiger partial charge in [0.25, 0.3) is 6.71 Å². The molecular weight excluding hydrogens is 800 g/mol. The molecule has 0 aliphatic carbocycles. The summed E-state index contributed by atoms with van der Waals surface area (Å²) in [6.07, 6.45) is 0. The number of hydrogen-bond donors (Lipinski definition) is 0. The Labute approximate surface area is 383 Å². The first-order valence-electron chi connectivity index (χ1n) is 23.2. The molecule has 9 aromatic carbocycles. The van der Waals surface area contributed by atoms with E-state index in [1.807, 2.05) is 0 Å². The van der Waals surface area contributed by atoms with Crippen LogP contribution in [0.5, 0.6) is 0 Å². The van der Waals surface area contributed by atoms with Crippen molar-refractivity contribution in [3.8, 4) is 11.1 Å². The van der Waals surface area contributed by atoms with Crippen LogP contribution in [0.3, 0.4) is 0 Å². The molecule has 0 bridgehead atoms. The molecule has 0 atom stereocenters. The molecular formula is C60H47B2NOSi. The average molecular weight is 848 g/mol. The maximum Gasteiger partial charge on any atom is 0.252 e. The fourth-order valence-electron chi connectivity index (χ4n) is 13.1. The van der Waals surface area contributed by atoms with Crippen LogP contribution < -0.4 is 58.4 Å². The van der Waals surface area contributed by atoms with Gasteiger partial charge in [0.2, 0.25) is 6.71 Å². The van der Waals surface area contributed by atoms with Crippen LogP contribution >= 0.6 is 0 Å². The highest BCUT2D eigenvalue weighted by Crippen LogP contribution is 2.44. The standard InChI is InChI=1S/C60H47B2NOSi/c1-36-29-38(3)54(39(4)30-36)61-48-26-18-27-49-57(48)63-58-50(61)33-43(42-19-10-7-11-20-42)34-52(58)65(44-21-12-8-13-22-44,45-23-14-9-15-24-45)53-35-47-46-25-16-17-28-51(46)64-60(47)56(59(53)63)62(49)55-40(5)31-37(2)32-41(55)6/h7-35H,1-6H3. The Morgan fingerprint density at radius 2 is 0.923 bits per heavy atom. The molecule has 308 valence electrons. The first kappa shape index (κ1) is 38.4. The van der Waals surface area contributed by atoms with Crippen LogP contribution in [-0.2, 0) is 0 Å². The van der Waals surface area contributed by atoms with Crippen LogP contribution in [0.2, 0.25) is 0 Å². The molecule has 13 rings (SSSR count). The Morgan fingerprint density at radius 1 is 0.400 bits per heavy atom. The Bertz CT molecular complexity index is 3550. The summed E-state index contributed by atoms with van der Waals surface area (Å²) in [6.45, 7) is 13.7. The highest BCUT2D eigenvalue weighted by molar-refractivity contribution is 7.22. The summed E-state index contributed by atoms with van der Waals surface area (Å²) >= 11 is 0. The van der Waals surface area contributed by atoms with Gasteiger partial charge in [-0.3, -0.25) is 0 Å². The lowest BCUT2D eigenvalue weighted by molar-refractivity contribution is 0.671. The van der Waals surface area contributed by atoms with Crippen LogP contribution in [0, 0.1) is 41.5 Å². The second-order valence-electron chi connectivity index (χ2n) is 19.1. The Balaban J connectivity index is 1.32. The molecule has 5 heteroatoms. The van der Waals surface area contributed by atoms with Crippen molar-refractivity contribution in [1.29, 1.82) is 0 Å². The minimum absolute atomic E-state index is 0.00338. The van der Waals surface area contributed by atoms with Gasteiger partial charge in [-0.2, -0.15) is 0 Å². The monoisotopic (exact) mass is 847 g/mol. The molecule has 0 unspecified atom stereocenters. The van der Waals surface area contributed by atoms with E-state index in [4.69, 9.17) is 4.42 Å². The van der Waals surface area contributed by atoms with Gasteiger partial charge in [-0.1, -0.05) is 208 Å². The second kappa shape index (κ2) is 14.0. The number of furan rings is 1. The van der Waals surface area contributed by atoms with Gasteiger partial charge in [0.15, 0.2) is 8.07 Å². The third-order valence-corrected chi connectivity index (χ3v) is 20.0.